The minimum Gasteiger partial charge on any atom is -0.347 e. The monoisotopic (exact) mass is 1490 g/mol. The van der Waals surface area contributed by atoms with Crippen LogP contribution in [-0.4, -0.2) is 270 Å². The standard InChI is InChI=1S/C76H121F5N12O12/c1-18-23-52-63(97)83-62(46(4)19-2)70(104)87(13)41-60(96)89(15)53-24-21-20-22-33-92(69(53)103)55(36-47-27-25-45(3)26-28-47)67(101)86(12)40-58(94)82-51(30-29-48-34-49(77)61(50(78)35-48)76(79,80)81)65(99)93-44-74(31-32-74)39-56(93)64(98)84-75(42-73(8,9)43-75)71(105)91(17)57(38-72(5,6)7)68(102)90(16)54(66(100)85(10)11)37-59(95)88(52)14/h20-21,45-57,61-62H,18-19,22-44H2,1-17H3,(H,82,94)(H,83,97)(H,84,98)/b21-20-/t45?,46-,47?,48?,49?,50?,51-,52-,53-,54-,55-,56-,57-,61?,62-/m0/s1. The Hall–Kier alpha value is -6.97. The van der Waals surface area contributed by atoms with E-state index in [1.54, 1.807) is 19.9 Å². The van der Waals surface area contributed by atoms with Crippen LogP contribution in [0.25, 0.3) is 0 Å². The summed E-state index contributed by atoms with van der Waals surface area (Å²) in [6.07, 6.45) is -3.30. The number of rotatable bonds is 11. The smallest absolute Gasteiger partial charge is 0.347 e. The van der Waals surface area contributed by atoms with E-state index in [0.717, 1.165) is 40.4 Å². The summed E-state index contributed by atoms with van der Waals surface area (Å²) in [5.74, 6) is -12.4. The van der Waals surface area contributed by atoms with Crippen molar-refractivity contribution in [3.05, 3.63) is 12.2 Å². The Labute approximate surface area is 618 Å². The van der Waals surface area contributed by atoms with Crippen LogP contribution < -0.4 is 16.0 Å². The van der Waals surface area contributed by atoms with Crippen LogP contribution in [0.5, 0.6) is 0 Å². The minimum atomic E-state index is -5.16. The third-order valence-electron chi connectivity index (χ3n) is 23.8. The summed E-state index contributed by atoms with van der Waals surface area (Å²) in [6, 6.07) is -10.5. The summed E-state index contributed by atoms with van der Waals surface area (Å²) >= 11 is 0. The van der Waals surface area contributed by atoms with Crippen molar-refractivity contribution in [1.82, 2.24) is 60.0 Å². The molecule has 24 nitrogen and oxygen atoms in total. The van der Waals surface area contributed by atoms with Gasteiger partial charge in [-0.1, -0.05) is 113 Å². The number of carbonyl (C=O) groups is 12. The lowest BCUT2D eigenvalue weighted by Crippen LogP contribution is -2.71. The number of halogens is 5. The highest BCUT2D eigenvalue weighted by Crippen LogP contribution is 2.56. The number of nitrogens with zero attached hydrogens (tertiary/aromatic N) is 9. The molecule has 3 heterocycles. The van der Waals surface area contributed by atoms with E-state index < -0.39 is 210 Å². The number of fused-ring (bicyclic) bond motifs is 3. The second kappa shape index (κ2) is 34.5. The average molecular weight is 1490 g/mol. The van der Waals surface area contributed by atoms with E-state index in [0.29, 0.717) is 38.0 Å². The maximum absolute atomic E-state index is 15.7. The molecule has 3 aliphatic heterocycles. The maximum Gasteiger partial charge on any atom is 0.397 e. The SMILES string of the molecule is CCC[C@H]1C(=O)N[C@@H]([C@@H](C)CC)C(=O)N(C)CC(=O)N(C)[C@H]2C/C=C\CCN(C2=O)[C@@H](CC2CCC(C)CC2)C(=O)N(C)CC(=O)N[C@@H](CCC2CC(F)C(C(F)(F)F)C(F)C2)C(=O)N2CC3(CC3)C[C@H]2C(=O)NC2(CC(C)(C)C2)C(=O)N(C)[C@@H](CC(C)(C)C)C(=O)N(C)[C@H](C(=O)N(C)C)CC(=O)N1C. The highest BCUT2D eigenvalue weighted by molar-refractivity contribution is 6.01. The molecule has 3 N–H and O–H groups in total. The largest absolute Gasteiger partial charge is 0.397 e. The van der Waals surface area contributed by atoms with Gasteiger partial charge in [-0.25, -0.2) is 8.78 Å². The first kappa shape index (κ1) is 85.3. The fraction of sp³-hybridized carbons (Fsp3) is 0.816. The normalized spacial score (nSPS) is 32.3. The molecule has 0 aromatic rings. The Morgan fingerprint density at radius 1 is 0.667 bits per heavy atom. The predicted octanol–water partition coefficient (Wildman–Crippen LogP) is 6.82. The number of nitrogens with one attached hydrogen (secondary N) is 3. The Balaban J connectivity index is 1.32. The van der Waals surface area contributed by atoms with Gasteiger partial charge in [0.1, 0.15) is 72.1 Å². The molecule has 7 rings (SSSR count). The van der Waals surface area contributed by atoms with Crippen LogP contribution in [0.3, 0.4) is 0 Å². The topological polar surface area (TPSA) is 270 Å². The van der Waals surface area contributed by atoms with Gasteiger partial charge in [0.15, 0.2) is 0 Å². The fourth-order valence-corrected chi connectivity index (χ4v) is 17.2. The molecule has 105 heavy (non-hydrogen) atoms. The third kappa shape index (κ3) is 20.6. The first-order chi connectivity index (χ1) is 48.8. The van der Waals surface area contributed by atoms with E-state index in [-0.39, 0.29) is 76.8 Å². The lowest BCUT2D eigenvalue weighted by Gasteiger charge is -2.54. The van der Waals surface area contributed by atoms with Crippen LogP contribution in [0, 0.1) is 45.8 Å². The second-order valence-corrected chi connectivity index (χ2v) is 34.5. The van der Waals surface area contributed by atoms with Crippen molar-refractivity contribution in [3.8, 4) is 0 Å². The molecule has 2 unspecified atom stereocenters. The van der Waals surface area contributed by atoms with Crippen molar-refractivity contribution in [2.24, 2.45) is 45.8 Å². The van der Waals surface area contributed by atoms with E-state index in [9.17, 15) is 41.9 Å². The van der Waals surface area contributed by atoms with Gasteiger partial charge >= 0.3 is 6.18 Å². The lowest BCUT2D eigenvalue weighted by molar-refractivity contribution is -0.219. The molecule has 7 aliphatic rings. The number of carbonyl (C=O) groups excluding carboxylic acids is 12. The summed E-state index contributed by atoms with van der Waals surface area (Å²) < 4.78 is 72.9. The number of likely N-dealkylation sites (N-methyl/N-ethyl adjacent to an activating group) is 7. The Bertz CT molecular complexity index is 3200. The second-order valence-electron chi connectivity index (χ2n) is 34.5. The van der Waals surface area contributed by atoms with Crippen LogP contribution in [-0.2, 0) is 57.5 Å². The molecule has 0 radical (unpaired) electrons. The highest BCUT2D eigenvalue weighted by Gasteiger charge is 2.62. The number of alkyl halides is 5. The number of hydrogen-bond acceptors (Lipinski definition) is 12. The van der Waals surface area contributed by atoms with Crippen molar-refractivity contribution in [2.45, 2.75) is 270 Å². The summed E-state index contributed by atoms with van der Waals surface area (Å²) in [5.41, 5.74) is -3.48. The molecule has 0 aromatic carbocycles. The Kier molecular flexibility index (Phi) is 28.0. The van der Waals surface area contributed by atoms with E-state index in [1.807, 2.05) is 47.6 Å². The molecule has 2 spiro atoms. The van der Waals surface area contributed by atoms with E-state index in [1.165, 1.54) is 85.8 Å². The van der Waals surface area contributed by atoms with Gasteiger partial charge in [-0.05, 0) is 130 Å². The molecule has 2 bridgehead atoms. The van der Waals surface area contributed by atoms with Crippen LogP contribution in [0.1, 0.15) is 197 Å². The molecule has 12 amide bonds. The van der Waals surface area contributed by atoms with Gasteiger partial charge in [0.25, 0.3) is 0 Å². The number of amides is 12. The van der Waals surface area contributed by atoms with Gasteiger partial charge in [-0.15, -0.1) is 0 Å². The zero-order valence-corrected chi connectivity index (χ0v) is 65.3. The van der Waals surface area contributed by atoms with Gasteiger partial charge in [0.2, 0.25) is 70.9 Å². The lowest BCUT2D eigenvalue weighted by atomic mass is 9.58. The van der Waals surface area contributed by atoms with Gasteiger partial charge in [-0.3, -0.25) is 57.5 Å². The minimum absolute atomic E-state index is 0.0128. The summed E-state index contributed by atoms with van der Waals surface area (Å²) in [4.78, 5) is 192. The van der Waals surface area contributed by atoms with Crippen molar-refractivity contribution < 1.29 is 79.5 Å². The molecule has 4 aliphatic carbocycles. The molecular formula is C76H121F5N12O12. The van der Waals surface area contributed by atoms with Gasteiger partial charge in [0, 0.05) is 69.5 Å². The van der Waals surface area contributed by atoms with Crippen molar-refractivity contribution in [3.63, 3.8) is 0 Å². The van der Waals surface area contributed by atoms with Crippen molar-refractivity contribution in [2.75, 3.05) is 82.6 Å². The Morgan fingerprint density at radius 2 is 1.28 bits per heavy atom. The van der Waals surface area contributed by atoms with E-state index in [4.69, 9.17) is 0 Å². The molecule has 0 aromatic heterocycles. The van der Waals surface area contributed by atoms with E-state index in [2.05, 4.69) is 22.9 Å². The first-order valence-corrected chi connectivity index (χ1v) is 38.1. The molecule has 6 fully saturated rings. The molecule has 29 heteroatoms. The molecule has 11 atom stereocenters. The maximum atomic E-state index is 15.7. The third-order valence-corrected chi connectivity index (χ3v) is 23.8. The fourth-order valence-electron chi connectivity index (χ4n) is 17.2. The van der Waals surface area contributed by atoms with Crippen molar-refractivity contribution >= 4 is 70.9 Å². The molecule has 592 valence electrons. The van der Waals surface area contributed by atoms with Crippen molar-refractivity contribution in [1.29, 1.82) is 0 Å². The quantitative estimate of drug-likeness (QED) is 0.142. The zero-order chi connectivity index (χ0) is 78.5. The van der Waals surface area contributed by atoms with E-state index >= 15 is 37.5 Å². The highest BCUT2D eigenvalue weighted by atomic mass is 19.4. The number of hydrogen-bond donors (Lipinski definition) is 3. The molecular weight excluding hydrogens is 1370 g/mol. The summed E-state index contributed by atoms with van der Waals surface area (Å²) in [6.45, 7) is 15.6. The first-order valence-electron chi connectivity index (χ1n) is 38.1. The summed E-state index contributed by atoms with van der Waals surface area (Å²) in [7, 11) is 11.3. The van der Waals surface area contributed by atoms with Gasteiger partial charge in [-0.2, -0.15) is 13.2 Å². The van der Waals surface area contributed by atoms with Crippen LogP contribution >= 0.6 is 0 Å². The summed E-state index contributed by atoms with van der Waals surface area (Å²) in [5, 5.41) is 8.69. The molecule has 2 saturated heterocycles. The molecule has 4 saturated carbocycles. The van der Waals surface area contributed by atoms with Gasteiger partial charge < -0.3 is 60.0 Å². The Morgan fingerprint density at radius 3 is 1.83 bits per heavy atom. The predicted molar refractivity (Wildman–Crippen MR) is 384 cm³/mol. The zero-order valence-electron chi connectivity index (χ0n) is 65.3. The van der Waals surface area contributed by atoms with Gasteiger partial charge in [0.05, 0.1) is 19.5 Å². The average Bonchev–Trinajstić information content (AvgIpc) is 1.51. The van der Waals surface area contributed by atoms with Crippen LogP contribution in [0.15, 0.2) is 12.2 Å². The van der Waals surface area contributed by atoms with Crippen LogP contribution in [0.4, 0.5) is 22.0 Å². The van der Waals surface area contributed by atoms with Crippen LogP contribution in [0.2, 0.25) is 0 Å².